The number of aromatic amines is 1. The molecule has 0 aliphatic carbocycles. The lowest BCUT2D eigenvalue weighted by Crippen LogP contribution is -2.35. The number of aromatic nitrogens is 4. The first-order chi connectivity index (χ1) is 16.2. The Balaban J connectivity index is 1.64. The first kappa shape index (κ1) is 23.7. The largest absolute Gasteiger partial charge is 0.476 e. The summed E-state index contributed by atoms with van der Waals surface area (Å²) in [6.45, 7) is 1.84. The third-order valence-electron chi connectivity index (χ3n) is 5.23. The zero-order valence-corrected chi connectivity index (χ0v) is 19.0. The summed E-state index contributed by atoms with van der Waals surface area (Å²) in [6, 6.07) is 5.41. The molecular formula is C21H18Cl2N4O7. The summed E-state index contributed by atoms with van der Waals surface area (Å²) in [6.07, 6.45) is 3.28. The maximum absolute atomic E-state index is 12.3. The number of halogens is 2. The molecule has 0 saturated carbocycles. The van der Waals surface area contributed by atoms with Crippen LogP contribution in [0, 0.1) is 5.92 Å². The van der Waals surface area contributed by atoms with E-state index in [1.54, 1.807) is 10.8 Å². The van der Waals surface area contributed by atoms with E-state index in [2.05, 4.69) is 5.10 Å². The summed E-state index contributed by atoms with van der Waals surface area (Å²) in [7, 11) is 0. The highest BCUT2D eigenvalue weighted by molar-refractivity contribution is 6.37. The van der Waals surface area contributed by atoms with Crippen LogP contribution in [0.1, 0.15) is 23.3 Å². The molecule has 0 bridgehead atoms. The summed E-state index contributed by atoms with van der Waals surface area (Å²) in [5.74, 6) is -0.926. The SMILES string of the molecule is O=C(O)c1nn(-c2cc(Cl)c(Oc3ccc(=O)n(CC4CCOCC4)c3)c(Cl)c2)c(=O)[nH]c1=O. The van der Waals surface area contributed by atoms with Crippen molar-refractivity contribution in [3.8, 4) is 17.2 Å². The molecule has 34 heavy (non-hydrogen) atoms. The second-order valence-corrected chi connectivity index (χ2v) is 8.39. The van der Waals surface area contributed by atoms with Gasteiger partial charge in [0.15, 0.2) is 5.75 Å². The molecule has 0 unspecified atom stereocenters. The molecule has 0 amide bonds. The van der Waals surface area contributed by atoms with Crippen molar-refractivity contribution in [3.63, 3.8) is 0 Å². The highest BCUT2D eigenvalue weighted by Gasteiger charge is 2.19. The van der Waals surface area contributed by atoms with Crippen LogP contribution in [0.25, 0.3) is 5.69 Å². The van der Waals surface area contributed by atoms with Crippen LogP contribution in [0.2, 0.25) is 10.0 Å². The Hall–Kier alpha value is -3.41. The average Bonchev–Trinajstić information content (AvgIpc) is 2.78. The highest BCUT2D eigenvalue weighted by Crippen LogP contribution is 2.37. The Morgan fingerprint density at radius 2 is 1.85 bits per heavy atom. The van der Waals surface area contributed by atoms with E-state index in [0.717, 1.165) is 12.8 Å². The predicted molar refractivity (Wildman–Crippen MR) is 122 cm³/mol. The van der Waals surface area contributed by atoms with E-state index in [9.17, 15) is 19.2 Å². The zero-order chi connectivity index (χ0) is 24.4. The van der Waals surface area contributed by atoms with Crippen molar-refractivity contribution in [2.45, 2.75) is 19.4 Å². The molecule has 3 aromatic rings. The number of carbonyl (C=O) groups is 1. The highest BCUT2D eigenvalue weighted by atomic mass is 35.5. The van der Waals surface area contributed by atoms with Crippen molar-refractivity contribution in [2.75, 3.05) is 13.2 Å². The van der Waals surface area contributed by atoms with Gasteiger partial charge in [0.2, 0.25) is 5.69 Å². The van der Waals surface area contributed by atoms with Gasteiger partial charge in [-0.05, 0) is 37.0 Å². The van der Waals surface area contributed by atoms with Crippen molar-refractivity contribution < 1.29 is 19.4 Å². The fourth-order valence-electron chi connectivity index (χ4n) is 3.52. The van der Waals surface area contributed by atoms with E-state index in [-0.39, 0.29) is 27.0 Å². The van der Waals surface area contributed by atoms with E-state index >= 15 is 0 Å². The molecule has 1 aliphatic rings. The van der Waals surface area contributed by atoms with Gasteiger partial charge in [0, 0.05) is 32.0 Å². The normalized spacial score (nSPS) is 14.2. The smallest absolute Gasteiger partial charge is 0.362 e. The van der Waals surface area contributed by atoms with E-state index in [1.807, 2.05) is 4.98 Å². The van der Waals surface area contributed by atoms with Crippen LogP contribution in [-0.4, -0.2) is 43.6 Å². The molecule has 1 fully saturated rings. The number of pyridine rings is 1. The Morgan fingerprint density at radius 3 is 2.50 bits per heavy atom. The minimum atomic E-state index is -1.61. The van der Waals surface area contributed by atoms with Crippen molar-refractivity contribution >= 4 is 29.2 Å². The molecule has 0 atom stereocenters. The van der Waals surface area contributed by atoms with Crippen molar-refractivity contribution in [1.82, 2.24) is 19.3 Å². The molecule has 11 nitrogen and oxygen atoms in total. The lowest BCUT2D eigenvalue weighted by Gasteiger charge is -2.23. The van der Waals surface area contributed by atoms with Crippen LogP contribution >= 0.6 is 23.2 Å². The summed E-state index contributed by atoms with van der Waals surface area (Å²) >= 11 is 12.6. The maximum atomic E-state index is 12.3. The molecule has 2 N–H and O–H groups in total. The lowest BCUT2D eigenvalue weighted by molar-refractivity contribution is 0.0609. The summed E-state index contributed by atoms with van der Waals surface area (Å²) in [4.78, 5) is 49.1. The van der Waals surface area contributed by atoms with Crippen LogP contribution in [0.15, 0.2) is 44.8 Å². The Labute approximate surface area is 201 Å². The molecule has 0 spiro atoms. The van der Waals surface area contributed by atoms with E-state index in [1.165, 1.54) is 24.3 Å². The number of hydrogen-bond donors (Lipinski definition) is 2. The number of rotatable bonds is 6. The second kappa shape index (κ2) is 9.84. The topological polar surface area (TPSA) is 146 Å². The van der Waals surface area contributed by atoms with Gasteiger partial charge in [-0.1, -0.05) is 23.2 Å². The molecule has 1 aromatic carbocycles. The molecule has 1 aliphatic heterocycles. The van der Waals surface area contributed by atoms with Gasteiger partial charge in [0.05, 0.1) is 15.7 Å². The number of aromatic carboxylic acids is 1. The number of benzene rings is 1. The van der Waals surface area contributed by atoms with Gasteiger partial charge in [-0.25, -0.2) is 9.59 Å². The summed E-state index contributed by atoms with van der Waals surface area (Å²) in [5.41, 5.74) is -3.16. The molecular weight excluding hydrogens is 491 g/mol. The first-order valence-electron chi connectivity index (χ1n) is 10.2. The third kappa shape index (κ3) is 5.06. The van der Waals surface area contributed by atoms with E-state index < -0.39 is 22.9 Å². The Kier molecular flexibility index (Phi) is 6.87. The Bertz CT molecular complexity index is 1400. The molecule has 3 heterocycles. The maximum Gasteiger partial charge on any atom is 0.362 e. The van der Waals surface area contributed by atoms with Gasteiger partial charge in [0.1, 0.15) is 5.75 Å². The molecule has 1 saturated heterocycles. The monoisotopic (exact) mass is 508 g/mol. The van der Waals surface area contributed by atoms with Crippen LogP contribution < -0.4 is 21.5 Å². The number of ether oxygens (including phenoxy) is 2. The third-order valence-corrected chi connectivity index (χ3v) is 5.79. The second-order valence-electron chi connectivity index (χ2n) is 7.58. The van der Waals surface area contributed by atoms with Crippen LogP contribution in [0.3, 0.4) is 0 Å². The Morgan fingerprint density at radius 1 is 1.18 bits per heavy atom. The summed E-state index contributed by atoms with van der Waals surface area (Å²) < 4.78 is 13.4. The molecule has 4 rings (SSSR count). The van der Waals surface area contributed by atoms with Gasteiger partial charge in [-0.3, -0.25) is 14.6 Å². The van der Waals surface area contributed by atoms with Crippen molar-refractivity contribution in [3.05, 3.63) is 77.4 Å². The fourth-order valence-corrected chi connectivity index (χ4v) is 4.07. The predicted octanol–water partition coefficient (Wildman–Crippen LogP) is 2.31. The fraction of sp³-hybridized carbons (Fsp3) is 0.286. The van der Waals surface area contributed by atoms with Gasteiger partial charge >= 0.3 is 11.7 Å². The van der Waals surface area contributed by atoms with Crippen LogP contribution in [0.4, 0.5) is 0 Å². The molecule has 178 valence electrons. The van der Waals surface area contributed by atoms with Crippen molar-refractivity contribution in [2.24, 2.45) is 5.92 Å². The number of carboxylic acids is 1. The number of nitrogens with one attached hydrogen (secondary N) is 1. The van der Waals surface area contributed by atoms with Crippen molar-refractivity contribution in [1.29, 1.82) is 0 Å². The van der Waals surface area contributed by atoms with Gasteiger partial charge in [0.25, 0.3) is 11.1 Å². The van der Waals surface area contributed by atoms with Crippen LogP contribution in [0.5, 0.6) is 11.5 Å². The number of carboxylic acid groups (broad SMARTS) is 1. The first-order valence-corrected chi connectivity index (χ1v) is 10.9. The quantitative estimate of drug-likeness (QED) is 0.515. The van der Waals surface area contributed by atoms with Crippen LogP contribution in [-0.2, 0) is 11.3 Å². The number of nitrogens with zero attached hydrogens (tertiary/aromatic N) is 3. The van der Waals surface area contributed by atoms with Gasteiger partial charge < -0.3 is 19.1 Å². The zero-order valence-electron chi connectivity index (χ0n) is 17.5. The minimum absolute atomic E-state index is 0.00980. The average molecular weight is 509 g/mol. The molecule has 0 radical (unpaired) electrons. The van der Waals surface area contributed by atoms with Gasteiger partial charge in [-0.15, -0.1) is 0 Å². The number of hydrogen-bond acceptors (Lipinski definition) is 7. The molecule has 2 aromatic heterocycles. The summed E-state index contributed by atoms with van der Waals surface area (Å²) in [5, 5.41) is 12.6. The minimum Gasteiger partial charge on any atom is -0.476 e. The number of H-pyrrole nitrogens is 1. The standard InChI is InChI=1S/C21H18Cl2N4O7/c22-14-7-12(27-21(32)24-19(29)17(25-27)20(30)31)8-15(23)18(14)34-13-1-2-16(28)26(10-13)9-11-3-5-33-6-4-11/h1-2,7-8,10-11H,3-6,9H2,(H,30,31)(H,24,29,32). The molecule has 13 heteroatoms. The van der Waals surface area contributed by atoms with E-state index in [4.69, 9.17) is 37.8 Å². The van der Waals surface area contributed by atoms with Gasteiger partial charge in [-0.2, -0.15) is 9.78 Å². The van der Waals surface area contributed by atoms with E-state index in [0.29, 0.717) is 36.1 Å². The lowest BCUT2D eigenvalue weighted by atomic mass is 10.0.